The number of urea groups is 1. The van der Waals surface area contributed by atoms with Crippen LogP contribution in [0.25, 0.3) is 0 Å². The zero-order valence-electron chi connectivity index (χ0n) is 16.2. The molecule has 0 aromatic heterocycles. The van der Waals surface area contributed by atoms with E-state index < -0.39 is 23.6 Å². The first-order chi connectivity index (χ1) is 13.9. The molecule has 2 atom stereocenters. The summed E-state index contributed by atoms with van der Waals surface area (Å²) in [6.45, 7) is 1.59. The minimum atomic E-state index is -1.17. The van der Waals surface area contributed by atoms with Gasteiger partial charge in [-0.3, -0.25) is 9.69 Å². The van der Waals surface area contributed by atoms with Crippen molar-refractivity contribution in [3.63, 3.8) is 0 Å². The average molecular weight is 419 g/mol. The monoisotopic (exact) mass is 418 g/mol. The van der Waals surface area contributed by atoms with Crippen molar-refractivity contribution in [2.45, 2.75) is 25.0 Å². The molecule has 29 heavy (non-hydrogen) atoms. The van der Waals surface area contributed by atoms with Gasteiger partial charge in [-0.15, -0.1) is 0 Å². The number of amides is 3. The second-order valence-electron chi connectivity index (χ2n) is 6.75. The Morgan fingerprint density at radius 3 is 2.31 bits per heavy atom. The van der Waals surface area contributed by atoms with Gasteiger partial charge in [-0.2, -0.15) is 0 Å². The summed E-state index contributed by atoms with van der Waals surface area (Å²) in [6.07, 6.45) is -0.665. The average Bonchev–Trinajstić information content (AvgIpc) is 2.98. The third-order valence-electron chi connectivity index (χ3n) is 4.94. The number of benzene rings is 2. The van der Waals surface area contributed by atoms with Crippen molar-refractivity contribution in [3.05, 3.63) is 59.1 Å². The highest BCUT2D eigenvalue weighted by molar-refractivity contribution is 6.30. The molecule has 3 rings (SSSR count). The fourth-order valence-electron chi connectivity index (χ4n) is 3.29. The number of methoxy groups -OCH3 is 1. The van der Waals surface area contributed by atoms with E-state index in [4.69, 9.17) is 21.1 Å². The molecule has 7 nitrogen and oxygen atoms in total. The van der Waals surface area contributed by atoms with E-state index >= 15 is 0 Å². The minimum absolute atomic E-state index is 0.0691. The van der Waals surface area contributed by atoms with Gasteiger partial charge >= 0.3 is 6.03 Å². The van der Waals surface area contributed by atoms with Gasteiger partial charge in [0.05, 0.1) is 13.7 Å². The van der Waals surface area contributed by atoms with E-state index in [2.05, 4.69) is 5.32 Å². The number of halogens is 1. The first-order valence-corrected chi connectivity index (χ1v) is 9.62. The second kappa shape index (κ2) is 8.71. The summed E-state index contributed by atoms with van der Waals surface area (Å²) in [6, 6.07) is 13.1. The lowest BCUT2D eigenvalue weighted by Crippen LogP contribution is -2.44. The SMILES string of the molecule is CC[C@@]1(c2ccc(OC)cc2)NC(=O)N(C[C@H](O)COc2ccc(Cl)cc2)C1=O. The number of imide groups is 1. The number of nitrogens with one attached hydrogen (secondary N) is 1. The number of carbonyl (C=O) groups is 2. The quantitative estimate of drug-likeness (QED) is 0.643. The molecule has 1 fully saturated rings. The molecule has 0 radical (unpaired) electrons. The molecular weight excluding hydrogens is 396 g/mol. The Morgan fingerprint density at radius 1 is 1.10 bits per heavy atom. The summed E-state index contributed by atoms with van der Waals surface area (Å²) >= 11 is 5.83. The number of carbonyl (C=O) groups excluding carboxylic acids is 2. The van der Waals surface area contributed by atoms with E-state index in [-0.39, 0.29) is 13.2 Å². The molecule has 2 aromatic carbocycles. The van der Waals surface area contributed by atoms with Gasteiger partial charge in [0.25, 0.3) is 5.91 Å². The van der Waals surface area contributed by atoms with Crippen molar-refractivity contribution in [3.8, 4) is 11.5 Å². The number of hydrogen-bond donors (Lipinski definition) is 2. The number of β-amino-alcohol motifs (C(OH)–C–C–N with tert-alkyl or cyclic N) is 1. The number of hydrogen-bond acceptors (Lipinski definition) is 5. The van der Waals surface area contributed by atoms with E-state index in [0.717, 1.165) is 4.90 Å². The zero-order valence-corrected chi connectivity index (χ0v) is 17.0. The molecule has 2 N–H and O–H groups in total. The molecule has 0 unspecified atom stereocenters. The summed E-state index contributed by atoms with van der Waals surface area (Å²) in [5, 5.41) is 13.7. The Kier molecular flexibility index (Phi) is 6.30. The van der Waals surface area contributed by atoms with Gasteiger partial charge in [-0.05, 0) is 48.4 Å². The molecule has 8 heteroatoms. The van der Waals surface area contributed by atoms with Crippen molar-refractivity contribution >= 4 is 23.5 Å². The second-order valence-corrected chi connectivity index (χ2v) is 7.19. The topological polar surface area (TPSA) is 88.1 Å². The Bertz CT molecular complexity index is 872. The largest absolute Gasteiger partial charge is 0.497 e. The highest BCUT2D eigenvalue weighted by atomic mass is 35.5. The molecular formula is C21H23ClN2O5. The third-order valence-corrected chi connectivity index (χ3v) is 5.19. The van der Waals surface area contributed by atoms with Crippen molar-refractivity contribution in [2.75, 3.05) is 20.3 Å². The molecule has 3 amide bonds. The van der Waals surface area contributed by atoms with Crippen molar-refractivity contribution < 1.29 is 24.2 Å². The van der Waals surface area contributed by atoms with Crippen molar-refractivity contribution in [1.29, 1.82) is 0 Å². The first kappa shape index (κ1) is 21.0. The van der Waals surface area contributed by atoms with Crippen LogP contribution < -0.4 is 14.8 Å². The first-order valence-electron chi connectivity index (χ1n) is 9.24. The summed E-state index contributed by atoms with van der Waals surface area (Å²) in [4.78, 5) is 26.7. The number of aliphatic hydroxyl groups excluding tert-OH is 1. The third kappa shape index (κ3) is 4.31. The van der Waals surface area contributed by atoms with E-state index in [1.165, 1.54) is 0 Å². The van der Waals surface area contributed by atoms with Gasteiger partial charge in [-0.25, -0.2) is 4.79 Å². The van der Waals surface area contributed by atoms with Crippen LogP contribution in [0.2, 0.25) is 5.02 Å². The molecule has 154 valence electrons. The maximum atomic E-state index is 13.1. The molecule has 0 spiro atoms. The Morgan fingerprint density at radius 2 is 1.72 bits per heavy atom. The van der Waals surface area contributed by atoms with Crippen LogP contribution in [-0.2, 0) is 10.3 Å². The number of rotatable bonds is 8. The van der Waals surface area contributed by atoms with E-state index in [9.17, 15) is 14.7 Å². The van der Waals surface area contributed by atoms with Crippen LogP contribution in [0.1, 0.15) is 18.9 Å². The fraction of sp³-hybridized carbons (Fsp3) is 0.333. The lowest BCUT2D eigenvalue weighted by molar-refractivity contribution is -0.132. The normalized spacial score (nSPS) is 19.8. The smallest absolute Gasteiger partial charge is 0.325 e. The Balaban J connectivity index is 1.68. The van der Waals surface area contributed by atoms with Crippen molar-refractivity contribution in [2.24, 2.45) is 0 Å². The lowest BCUT2D eigenvalue weighted by Gasteiger charge is -2.26. The molecule has 2 aromatic rings. The summed E-state index contributed by atoms with van der Waals surface area (Å²) in [7, 11) is 1.56. The van der Waals surface area contributed by atoms with E-state index in [1.54, 1.807) is 55.6 Å². The standard InChI is InChI=1S/C21H23ClN2O5/c1-3-21(14-4-8-17(28-2)9-5-14)19(26)24(20(27)23-21)12-16(25)13-29-18-10-6-15(22)7-11-18/h4-11,16,25H,3,12-13H2,1-2H3,(H,23,27)/t16-,21-/m0/s1. The highest BCUT2D eigenvalue weighted by Crippen LogP contribution is 2.33. The predicted molar refractivity (Wildman–Crippen MR) is 108 cm³/mol. The molecule has 1 heterocycles. The van der Waals surface area contributed by atoms with Crippen LogP contribution in [0.5, 0.6) is 11.5 Å². The van der Waals surface area contributed by atoms with Crippen LogP contribution in [0.15, 0.2) is 48.5 Å². The van der Waals surface area contributed by atoms with E-state index in [0.29, 0.717) is 28.5 Å². The van der Waals surface area contributed by atoms with Gasteiger partial charge < -0.3 is 19.9 Å². The molecule has 0 saturated carbocycles. The molecule has 1 aliphatic heterocycles. The van der Waals surface area contributed by atoms with Gasteiger partial charge in [0, 0.05) is 5.02 Å². The number of nitrogens with zero attached hydrogens (tertiary/aromatic N) is 1. The van der Waals surface area contributed by atoms with Gasteiger partial charge in [0.2, 0.25) is 0 Å². The van der Waals surface area contributed by atoms with Crippen LogP contribution >= 0.6 is 11.6 Å². The van der Waals surface area contributed by atoms with Crippen molar-refractivity contribution in [1.82, 2.24) is 10.2 Å². The number of aliphatic hydroxyl groups is 1. The summed E-state index contributed by atoms with van der Waals surface area (Å²) in [5.41, 5.74) is -0.506. The molecule has 0 bridgehead atoms. The lowest BCUT2D eigenvalue weighted by atomic mass is 9.87. The Labute approximate surface area is 174 Å². The molecule has 0 aliphatic carbocycles. The van der Waals surface area contributed by atoms with Crippen LogP contribution in [0.4, 0.5) is 4.79 Å². The van der Waals surface area contributed by atoms with Gasteiger partial charge in [0.1, 0.15) is 29.7 Å². The predicted octanol–water partition coefficient (Wildman–Crippen LogP) is 2.95. The maximum absolute atomic E-state index is 13.1. The van der Waals surface area contributed by atoms with Crippen LogP contribution in [-0.4, -0.2) is 48.3 Å². The number of ether oxygens (including phenoxy) is 2. The Hall–Kier alpha value is -2.77. The van der Waals surface area contributed by atoms with Gasteiger partial charge in [-0.1, -0.05) is 30.7 Å². The highest BCUT2D eigenvalue weighted by Gasteiger charge is 2.51. The zero-order chi connectivity index (χ0) is 21.0. The molecule has 1 saturated heterocycles. The van der Waals surface area contributed by atoms with Crippen LogP contribution in [0, 0.1) is 0 Å². The molecule has 1 aliphatic rings. The van der Waals surface area contributed by atoms with Gasteiger partial charge in [0.15, 0.2) is 0 Å². The fourth-order valence-corrected chi connectivity index (χ4v) is 3.42. The van der Waals surface area contributed by atoms with E-state index in [1.807, 2.05) is 6.92 Å². The van der Waals surface area contributed by atoms with Crippen LogP contribution in [0.3, 0.4) is 0 Å². The summed E-state index contributed by atoms with van der Waals surface area (Å²) < 4.78 is 10.7. The maximum Gasteiger partial charge on any atom is 0.325 e. The summed E-state index contributed by atoms with van der Waals surface area (Å²) in [5.74, 6) is 0.788. The minimum Gasteiger partial charge on any atom is -0.497 e.